The fraction of sp³-hybridized carbons (Fsp3) is 0.118. The van der Waals surface area contributed by atoms with E-state index >= 15 is 0 Å². The van der Waals surface area contributed by atoms with Crippen LogP contribution in [0.1, 0.15) is 11.1 Å². The summed E-state index contributed by atoms with van der Waals surface area (Å²) in [5.74, 6) is -2.48. The summed E-state index contributed by atoms with van der Waals surface area (Å²) in [5, 5.41) is 2.61. The average molecular weight is 398 g/mol. The summed E-state index contributed by atoms with van der Waals surface area (Å²) in [6.07, 6.45) is 0. The van der Waals surface area contributed by atoms with Gasteiger partial charge < -0.3 is 5.73 Å². The molecular formula is C17H16F2N2O3S2. The van der Waals surface area contributed by atoms with E-state index in [1.165, 1.54) is 22.5 Å². The van der Waals surface area contributed by atoms with Gasteiger partial charge in [0.1, 0.15) is 0 Å². The summed E-state index contributed by atoms with van der Waals surface area (Å²) in [6.45, 7) is 4.21. The molecule has 5 nitrogen and oxygen atoms in total. The second kappa shape index (κ2) is 7.90. The largest absolute Gasteiger partial charge is 0.375 e. The summed E-state index contributed by atoms with van der Waals surface area (Å²) in [7, 11) is -4.45. The summed E-state index contributed by atoms with van der Waals surface area (Å²) >= 11 is 1.48. The first kappa shape index (κ1) is 20.0. The van der Waals surface area contributed by atoms with E-state index in [1.807, 2.05) is 5.38 Å². The number of nitrogens with two attached hydrogens (primary N) is 1. The van der Waals surface area contributed by atoms with E-state index in [1.54, 1.807) is 0 Å². The van der Waals surface area contributed by atoms with E-state index in [0.29, 0.717) is 17.3 Å². The van der Waals surface area contributed by atoms with Gasteiger partial charge in [0.05, 0.1) is 10.6 Å². The minimum Gasteiger partial charge on any atom is -0.375 e. The standard InChI is InChI=1S/C11H12N2S.C6H4F2O3S/c1-7-3-4-9(5-8(7)2)10-6-14-11(12)13-10;7-5-2-1-4(3-6(5)8)12(9,10)11/h3-6H,1-2H3,(H2,12,13);1-3H,(H,9,10,11). The second-order valence-corrected chi connectivity index (χ2v) is 7.73. The van der Waals surface area contributed by atoms with Crippen LogP contribution in [0.5, 0.6) is 0 Å². The van der Waals surface area contributed by atoms with Crippen LogP contribution in [0.3, 0.4) is 0 Å². The highest BCUT2D eigenvalue weighted by Gasteiger charge is 2.12. The van der Waals surface area contributed by atoms with Crippen LogP contribution >= 0.6 is 11.3 Å². The van der Waals surface area contributed by atoms with Crippen molar-refractivity contribution in [3.63, 3.8) is 0 Å². The molecule has 0 aliphatic heterocycles. The first-order valence-corrected chi connectivity index (χ1v) is 9.61. The fourth-order valence-electron chi connectivity index (χ4n) is 1.96. The molecule has 0 radical (unpaired) electrons. The summed E-state index contributed by atoms with van der Waals surface area (Å²) in [6, 6.07) is 8.14. The number of halogens is 2. The topological polar surface area (TPSA) is 93.3 Å². The van der Waals surface area contributed by atoms with Gasteiger partial charge in [0.15, 0.2) is 16.8 Å². The molecule has 0 unspecified atom stereocenters. The predicted octanol–water partition coefficient (Wildman–Crippen LogP) is 4.22. The highest BCUT2D eigenvalue weighted by Crippen LogP contribution is 2.24. The van der Waals surface area contributed by atoms with Crippen LogP contribution in [0.15, 0.2) is 46.7 Å². The lowest BCUT2D eigenvalue weighted by atomic mass is 10.1. The van der Waals surface area contributed by atoms with Gasteiger partial charge in [-0.1, -0.05) is 12.1 Å². The normalized spacial score (nSPS) is 11.0. The molecule has 1 aromatic heterocycles. The maximum Gasteiger partial charge on any atom is 0.294 e. The number of aryl methyl sites for hydroxylation is 2. The predicted molar refractivity (Wildman–Crippen MR) is 97.6 cm³/mol. The molecule has 0 saturated carbocycles. The Hall–Kier alpha value is -2.36. The third-order valence-electron chi connectivity index (χ3n) is 3.51. The van der Waals surface area contributed by atoms with E-state index in [9.17, 15) is 17.2 Å². The summed E-state index contributed by atoms with van der Waals surface area (Å²) in [4.78, 5) is 3.58. The van der Waals surface area contributed by atoms with Crippen molar-refractivity contribution >= 4 is 26.6 Å². The molecule has 0 aliphatic rings. The number of rotatable bonds is 2. The molecule has 0 atom stereocenters. The fourth-order valence-corrected chi connectivity index (χ4v) is 3.02. The van der Waals surface area contributed by atoms with Gasteiger partial charge in [0.2, 0.25) is 0 Å². The first-order chi connectivity index (χ1) is 12.1. The summed E-state index contributed by atoms with van der Waals surface area (Å²) < 4.78 is 53.7. The van der Waals surface area contributed by atoms with Crippen molar-refractivity contribution < 1.29 is 21.8 Å². The van der Waals surface area contributed by atoms with Crippen molar-refractivity contribution in [2.75, 3.05) is 5.73 Å². The van der Waals surface area contributed by atoms with Crippen LogP contribution < -0.4 is 5.73 Å². The molecule has 0 fully saturated rings. The molecule has 138 valence electrons. The van der Waals surface area contributed by atoms with E-state index in [-0.39, 0.29) is 0 Å². The Morgan fingerprint density at radius 2 is 1.73 bits per heavy atom. The lowest BCUT2D eigenvalue weighted by Crippen LogP contribution is -1.99. The third-order valence-corrected chi connectivity index (χ3v) is 5.04. The number of anilines is 1. The van der Waals surface area contributed by atoms with Gasteiger partial charge in [-0.05, 0) is 49.2 Å². The van der Waals surface area contributed by atoms with Gasteiger partial charge in [-0.2, -0.15) is 8.42 Å². The van der Waals surface area contributed by atoms with E-state index < -0.39 is 26.6 Å². The quantitative estimate of drug-likeness (QED) is 0.631. The van der Waals surface area contributed by atoms with Crippen LogP contribution in [0.4, 0.5) is 13.9 Å². The number of nitrogens with zero attached hydrogens (tertiary/aromatic N) is 1. The van der Waals surface area contributed by atoms with Crippen LogP contribution in [-0.2, 0) is 10.1 Å². The van der Waals surface area contributed by atoms with Crippen molar-refractivity contribution in [3.05, 3.63) is 64.5 Å². The van der Waals surface area contributed by atoms with Crippen LogP contribution in [0.2, 0.25) is 0 Å². The molecule has 1 heterocycles. The molecule has 0 aliphatic carbocycles. The van der Waals surface area contributed by atoms with Gasteiger partial charge in [-0.15, -0.1) is 11.3 Å². The summed E-state index contributed by atoms with van der Waals surface area (Å²) in [5.41, 5.74) is 10.3. The van der Waals surface area contributed by atoms with Gasteiger partial charge >= 0.3 is 0 Å². The molecule has 2 aromatic carbocycles. The van der Waals surface area contributed by atoms with Crippen molar-refractivity contribution in [2.45, 2.75) is 18.7 Å². The molecule has 9 heteroatoms. The van der Waals surface area contributed by atoms with Crippen molar-refractivity contribution in [1.29, 1.82) is 0 Å². The molecular weight excluding hydrogens is 382 g/mol. The zero-order chi connectivity index (χ0) is 19.5. The Labute approximate surface area is 153 Å². The van der Waals surface area contributed by atoms with Crippen molar-refractivity contribution in [1.82, 2.24) is 4.98 Å². The first-order valence-electron chi connectivity index (χ1n) is 7.29. The second-order valence-electron chi connectivity index (χ2n) is 5.42. The van der Waals surface area contributed by atoms with Crippen molar-refractivity contribution in [2.24, 2.45) is 0 Å². The van der Waals surface area contributed by atoms with E-state index in [0.717, 1.165) is 17.3 Å². The molecule has 3 aromatic rings. The number of nitrogen functional groups attached to an aromatic ring is 1. The molecule has 0 amide bonds. The molecule has 26 heavy (non-hydrogen) atoms. The highest BCUT2D eigenvalue weighted by molar-refractivity contribution is 7.85. The Kier molecular flexibility index (Phi) is 6.06. The Bertz CT molecular complexity index is 1030. The minimum atomic E-state index is -4.45. The number of hydrogen-bond acceptors (Lipinski definition) is 5. The molecule has 3 rings (SSSR count). The third kappa shape index (κ3) is 5.07. The maximum absolute atomic E-state index is 12.4. The Balaban J connectivity index is 0.000000190. The monoisotopic (exact) mass is 398 g/mol. The Morgan fingerprint density at radius 1 is 1.04 bits per heavy atom. The zero-order valence-electron chi connectivity index (χ0n) is 13.9. The van der Waals surface area contributed by atoms with Gasteiger partial charge in [0.25, 0.3) is 10.1 Å². The van der Waals surface area contributed by atoms with E-state index in [2.05, 4.69) is 37.0 Å². The minimum absolute atomic E-state index is 0.407. The zero-order valence-corrected chi connectivity index (χ0v) is 15.5. The van der Waals surface area contributed by atoms with E-state index in [4.69, 9.17) is 10.3 Å². The smallest absolute Gasteiger partial charge is 0.294 e. The molecule has 0 spiro atoms. The number of thiazole rings is 1. The van der Waals surface area contributed by atoms with Crippen LogP contribution in [-0.4, -0.2) is 18.0 Å². The SMILES string of the molecule is Cc1ccc(-c2csc(N)n2)cc1C.O=S(=O)(O)c1ccc(F)c(F)c1. The number of benzene rings is 2. The van der Waals surface area contributed by atoms with Crippen LogP contribution in [0, 0.1) is 25.5 Å². The molecule has 0 bridgehead atoms. The molecule has 3 N–H and O–H groups in total. The van der Waals surface area contributed by atoms with Gasteiger partial charge in [-0.25, -0.2) is 13.8 Å². The van der Waals surface area contributed by atoms with Gasteiger partial charge in [-0.3, -0.25) is 4.55 Å². The number of hydrogen-bond donors (Lipinski definition) is 2. The lowest BCUT2D eigenvalue weighted by Gasteiger charge is -2.01. The molecule has 0 saturated heterocycles. The lowest BCUT2D eigenvalue weighted by molar-refractivity contribution is 0.477. The number of aromatic nitrogens is 1. The maximum atomic E-state index is 12.4. The van der Waals surface area contributed by atoms with Crippen LogP contribution in [0.25, 0.3) is 11.3 Å². The average Bonchev–Trinajstić information content (AvgIpc) is 2.99. The Morgan fingerprint density at radius 3 is 2.23 bits per heavy atom. The van der Waals surface area contributed by atoms with Gasteiger partial charge in [0, 0.05) is 10.9 Å². The van der Waals surface area contributed by atoms with Crippen molar-refractivity contribution in [3.8, 4) is 11.3 Å². The highest BCUT2D eigenvalue weighted by atomic mass is 32.2.